The van der Waals surface area contributed by atoms with Crippen molar-refractivity contribution in [3.8, 4) is 17.0 Å². The third-order valence-corrected chi connectivity index (χ3v) is 4.51. The first kappa shape index (κ1) is 16.4. The topological polar surface area (TPSA) is 26.5 Å². The highest BCUT2D eigenvalue weighted by atomic mass is 16.5. The van der Waals surface area contributed by atoms with Crippen LogP contribution >= 0.6 is 0 Å². The number of hydrogen-bond donors (Lipinski definition) is 0. The summed E-state index contributed by atoms with van der Waals surface area (Å²) in [7, 11) is 0. The van der Waals surface area contributed by atoms with Gasteiger partial charge in [-0.3, -0.25) is 0 Å². The molecule has 4 rings (SSSR count). The predicted octanol–water partition coefficient (Wildman–Crippen LogP) is 5.51. The Kier molecular flexibility index (Phi) is 4.21. The average Bonchev–Trinajstić information content (AvgIpc) is 3.04. The van der Waals surface area contributed by atoms with Crippen LogP contribution in [-0.2, 0) is 6.61 Å². The smallest absolute Gasteiger partial charge is 0.137 e. The summed E-state index contributed by atoms with van der Waals surface area (Å²) in [5.74, 6) is 0.914. The van der Waals surface area contributed by atoms with E-state index >= 15 is 0 Å². The summed E-state index contributed by atoms with van der Waals surface area (Å²) in [6.45, 7) is 6.89. The van der Waals surface area contributed by atoms with E-state index < -0.39 is 0 Å². The zero-order chi connectivity index (χ0) is 18.1. The van der Waals surface area contributed by atoms with Gasteiger partial charge in [-0.1, -0.05) is 35.4 Å². The van der Waals surface area contributed by atoms with Crippen molar-refractivity contribution in [3.63, 3.8) is 0 Å². The molecule has 130 valence electrons. The predicted molar refractivity (Wildman–Crippen MR) is 106 cm³/mol. The summed E-state index contributed by atoms with van der Waals surface area (Å²) in [4.78, 5) is 4.69. The number of nitrogens with zero attached hydrogens (tertiary/aromatic N) is 2. The van der Waals surface area contributed by atoms with E-state index in [1.165, 1.54) is 16.7 Å². The Morgan fingerprint density at radius 3 is 2.46 bits per heavy atom. The third kappa shape index (κ3) is 3.33. The van der Waals surface area contributed by atoms with Crippen molar-refractivity contribution in [2.24, 2.45) is 0 Å². The van der Waals surface area contributed by atoms with E-state index in [-0.39, 0.29) is 0 Å². The first-order valence-corrected chi connectivity index (χ1v) is 8.83. The van der Waals surface area contributed by atoms with Crippen LogP contribution in [0.15, 0.2) is 67.0 Å². The van der Waals surface area contributed by atoms with Crippen molar-refractivity contribution < 1.29 is 4.74 Å². The molecule has 0 amide bonds. The van der Waals surface area contributed by atoms with Crippen molar-refractivity contribution in [3.05, 3.63) is 89.2 Å². The fourth-order valence-electron chi connectivity index (χ4n) is 3.36. The Labute approximate surface area is 153 Å². The normalized spacial score (nSPS) is 11.0. The van der Waals surface area contributed by atoms with Gasteiger partial charge in [0, 0.05) is 18.0 Å². The molecule has 0 radical (unpaired) electrons. The maximum Gasteiger partial charge on any atom is 0.137 e. The first-order valence-electron chi connectivity index (χ1n) is 8.83. The van der Waals surface area contributed by atoms with Crippen LogP contribution in [-0.4, -0.2) is 9.38 Å². The quantitative estimate of drug-likeness (QED) is 0.489. The number of aromatic nitrogens is 2. The molecule has 0 saturated carbocycles. The van der Waals surface area contributed by atoms with Gasteiger partial charge < -0.3 is 9.14 Å². The van der Waals surface area contributed by atoms with Gasteiger partial charge in [0.1, 0.15) is 18.0 Å². The molecule has 0 saturated heterocycles. The Bertz CT molecular complexity index is 1030. The van der Waals surface area contributed by atoms with Crippen molar-refractivity contribution in [2.45, 2.75) is 27.4 Å². The molecule has 3 heteroatoms. The monoisotopic (exact) mass is 342 g/mol. The second-order valence-corrected chi connectivity index (χ2v) is 6.86. The molecule has 0 spiro atoms. The summed E-state index contributed by atoms with van der Waals surface area (Å²) in [5.41, 5.74) is 7.88. The van der Waals surface area contributed by atoms with Crippen LogP contribution in [0.3, 0.4) is 0 Å². The molecule has 0 aliphatic heterocycles. The summed E-state index contributed by atoms with van der Waals surface area (Å²) >= 11 is 0. The van der Waals surface area contributed by atoms with E-state index in [1.54, 1.807) is 0 Å². The molecular formula is C23H22N2O. The molecule has 2 aromatic carbocycles. The van der Waals surface area contributed by atoms with E-state index in [0.717, 1.165) is 28.2 Å². The molecule has 0 bridgehead atoms. The Balaban J connectivity index is 1.55. The minimum atomic E-state index is 0.580. The van der Waals surface area contributed by atoms with Gasteiger partial charge in [-0.2, -0.15) is 0 Å². The lowest BCUT2D eigenvalue weighted by Gasteiger charge is -2.11. The lowest BCUT2D eigenvalue weighted by atomic mass is 10.1. The van der Waals surface area contributed by atoms with Gasteiger partial charge in [-0.15, -0.1) is 0 Å². The second kappa shape index (κ2) is 6.68. The standard InChI is InChI=1S/C23H22N2O/c1-16-10-17(2)12-19(11-16)15-26-22-8-7-20(13-18(22)3)21-14-25-9-5-4-6-23(25)24-21/h4-14H,15H2,1-3H3. The minimum absolute atomic E-state index is 0.580. The third-order valence-electron chi connectivity index (χ3n) is 4.51. The van der Waals surface area contributed by atoms with Crippen LogP contribution in [0, 0.1) is 20.8 Å². The first-order chi connectivity index (χ1) is 12.6. The molecule has 4 aromatic rings. The van der Waals surface area contributed by atoms with E-state index in [9.17, 15) is 0 Å². The maximum atomic E-state index is 6.06. The van der Waals surface area contributed by atoms with Crippen LogP contribution in [0.5, 0.6) is 5.75 Å². The molecule has 0 unspecified atom stereocenters. The Hall–Kier alpha value is -3.07. The number of fused-ring (bicyclic) bond motifs is 1. The van der Waals surface area contributed by atoms with Crippen LogP contribution in [0.25, 0.3) is 16.9 Å². The average molecular weight is 342 g/mol. The molecule has 0 N–H and O–H groups in total. The summed E-state index contributed by atoms with van der Waals surface area (Å²) in [6, 6.07) is 18.8. The van der Waals surface area contributed by atoms with Gasteiger partial charge in [0.2, 0.25) is 0 Å². The second-order valence-electron chi connectivity index (χ2n) is 6.86. The number of aryl methyl sites for hydroxylation is 3. The number of rotatable bonds is 4. The highest BCUT2D eigenvalue weighted by molar-refractivity contribution is 5.64. The number of imidazole rings is 1. The summed E-state index contributed by atoms with van der Waals surface area (Å²) in [6.07, 6.45) is 4.07. The zero-order valence-electron chi connectivity index (χ0n) is 15.4. The van der Waals surface area contributed by atoms with Gasteiger partial charge in [-0.05, 0) is 62.2 Å². The van der Waals surface area contributed by atoms with Crippen LogP contribution < -0.4 is 4.74 Å². The largest absolute Gasteiger partial charge is 0.489 e. The van der Waals surface area contributed by atoms with Crippen LogP contribution in [0.1, 0.15) is 22.3 Å². The SMILES string of the molecule is Cc1cc(C)cc(COc2ccc(-c3cn4ccccc4n3)cc2C)c1. The Morgan fingerprint density at radius 1 is 0.923 bits per heavy atom. The van der Waals surface area contributed by atoms with Gasteiger partial charge in [0.15, 0.2) is 0 Å². The molecule has 2 aromatic heterocycles. The molecule has 0 aliphatic carbocycles. The lowest BCUT2D eigenvalue weighted by molar-refractivity contribution is 0.304. The van der Waals surface area contributed by atoms with E-state index in [2.05, 4.69) is 62.3 Å². The summed E-state index contributed by atoms with van der Waals surface area (Å²) in [5, 5.41) is 0. The van der Waals surface area contributed by atoms with Gasteiger partial charge in [0.25, 0.3) is 0 Å². The van der Waals surface area contributed by atoms with Crippen molar-refractivity contribution >= 4 is 5.65 Å². The van der Waals surface area contributed by atoms with E-state index in [4.69, 9.17) is 4.74 Å². The van der Waals surface area contributed by atoms with Crippen molar-refractivity contribution in [1.82, 2.24) is 9.38 Å². The van der Waals surface area contributed by atoms with Gasteiger partial charge >= 0.3 is 0 Å². The molecular weight excluding hydrogens is 320 g/mol. The van der Waals surface area contributed by atoms with Crippen molar-refractivity contribution in [2.75, 3.05) is 0 Å². The number of ether oxygens (including phenoxy) is 1. The Morgan fingerprint density at radius 2 is 1.73 bits per heavy atom. The van der Waals surface area contributed by atoms with Crippen LogP contribution in [0.2, 0.25) is 0 Å². The summed E-state index contributed by atoms with van der Waals surface area (Å²) < 4.78 is 8.09. The van der Waals surface area contributed by atoms with Crippen LogP contribution in [0.4, 0.5) is 0 Å². The molecule has 3 nitrogen and oxygen atoms in total. The van der Waals surface area contributed by atoms with Gasteiger partial charge in [-0.25, -0.2) is 4.98 Å². The van der Waals surface area contributed by atoms with E-state index in [0.29, 0.717) is 6.61 Å². The number of pyridine rings is 1. The lowest BCUT2D eigenvalue weighted by Crippen LogP contribution is -1.98. The highest BCUT2D eigenvalue weighted by Crippen LogP contribution is 2.26. The van der Waals surface area contributed by atoms with Crippen molar-refractivity contribution in [1.29, 1.82) is 0 Å². The maximum absolute atomic E-state index is 6.06. The highest BCUT2D eigenvalue weighted by Gasteiger charge is 2.07. The van der Waals surface area contributed by atoms with E-state index in [1.807, 2.05) is 34.9 Å². The molecule has 0 aliphatic rings. The zero-order valence-corrected chi connectivity index (χ0v) is 15.4. The molecule has 0 atom stereocenters. The molecule has 0 fully saturated rings. The van der Waals surface area contributed by atoms with Gasteiger partial charge in [0.05, 0.1) is 5.69 Å². The molecule has 26 heavy (non-hydrogen) atoms. The molecule has 2 heterocycles. The number of benzene rings is 2. The minimum Gasteiger partial charge on any atom is -0.489 e. The number of hydrogen-bond acceptors (Lipinski definition) is 2. The fraction of sp³-hybridized carbons (Fsp3) is 0.174. The fourth-order valence-corrected chi connectivity index (χ4v) is 3.36.